The SMILES string of the molecule is CCCNC(=O)CCNc1ccnc(C(=O)OC)n1. The second-order valence-corrected chi connectivity index (χ2v) is 3.78. The molecule has 1 aromatic heterocycles. The number of hydrogen-bond donors (Lipinski definition) is 2. The zero-order valence-electron chi connectivity index (χ0n) is 11.1. The van der Waals surface area contributed by atoms with Gasteiger partial charge in [0, 0.05) is 25.7 Å². The van der Waals surface area contributed by atoms with Gasteiger partial charge in [0.05, 0.1) is 7.11 Å². The van der Waals surface area contributed by atoms with Crippen LogP contribution in [0.5, 0.6) is 0 Å². The van der Waals surface area contributed by atoms with Gasteiger partial charge >= 0.3 is 5.97 Å². The number of hydrogen-bond acceptors (Lipinski definition) is 6. The van der Waals surface area contributed by atoms with Gasteiger partial charge in [-0.1, -0.05) is 6.92 Å². The maximum Gasteiger partial charge on any atom is 0.376 e. The first-order valence-corrected chi connectivity index (χ1v) is 6.09. The third-order valence-corrected chi connectivity index (χ3v) is 2.25. The number of nitrogens with zero attached hydrogens (tertiary/aromatic N) is 2. The molecule has 0 aliphatic heterocycles. The monoisotopic (exact) mass is 266 g/mol. The van der Waals surface area contributed by atoms with Crippen molar-refractivity contribution in [2.24, 2.45) is 0 Å². The molecule has 1 aromatic rings. The Morgan fingerprint density at radius 2 is 2.16 bits per heavy atom. The lowest BCUT2D eigenvalue weighted by Crippen LogP contribution is -2.26. The van der Waals surface area contributed by atoms with E-state index in [-0.39, 0.29) is 11.7 Å². The molecule has 2 N–H and O–H groups in total. The molecule has 0 radical (unpaired) electrons. The smallest absolute Gasteiger partial charge is 0.376 e. The molecule has 0 aromatic carbocycles. The Kier molecular flexibility index (Phi) is 6.28. The molecular formula is C12H18N4O3. The van der Waals surface area contributed by atoms with Gasteiger partial charge in [-0.2, -0.15) is 0 Å². The Hall–Kier alpha value is -2.18. The quantitative estimate of drug-likeness (QED) is 0.702. The molecule has 19 heavy (non-hydrogen) atoms. The number of methoxy groups -OCH3 is 1. The molecule has 0 unspecified atom stereocenters. The van der Waals surface area contributed by atoms with Crippen LogP contribution < -0.4 is 10.6 Å². The second-order valence-electron chi connectivity index (χ2n) is 3.78. The van der Waals surface area contributed by atoms with Crippen molar-refractivity contribution in [1.82, 2.24) is 15.3 Å². The third-order valence-electron chi connectivity index (χ3n) is 2.25. The van der Waals surface area contributed by atoms with Crippen molar-refractivity contribution in [3.63, 3.8) is 0 Å². The van der Waals surface area contributed by atoms with E-state index in [0.717, 1.165) is 6.42 Å². The van der Waals surface area contributed by atoms with E-state index < -0.39 is 5.97 Å². The number of rotatable bonds is 7. The average Bonchev–Trinajstić information content (AvgIpc) is 2.44. The van der Waals surface area contributed by atoms with Crippen molar-refractivity contribution in [2.45, 2.75) is 19.8 Å². The molecule has 0 saturated heterocycles. The molecule has 1 heterocycles. The van der Waals surface area contributed by atoms with Crippen LogP contribution in [-0.2, 0) is 9.53 Å². The average molecular weight is 266 g/mol. The van der Waals surface area contributed by atoms with Crippen LogP contribution in [0.15, 0.2) is 12.3 Å². The van der Waals surface area contributed by atoms with Crippen LogP contribution in [0.4, 0.5) is 5.82 Å². The number of nitrogens with one attached hydrogen (secondary N) is 2. The van der Waals surface area contributed by atoms with Crippen LogP contribution in [0.2, 0.25) is 0 Å². The molecule has 0 atom stereocenters. The van der Waals surface area contributed by atoms with E-state index in [9.17, 15) is 9.59 Å². The summed E-state index contributed by atoms with van der Waals surface area (Å²) in [6.07, 6.45) is 2.71. The Morgan fingerprint density at radius 1 is 1.37 bits per heavy atom. The lowest BCUT2D eigenvalue weighted by Gasteiger charge is -2.06. The van der Waals surface area contributed by atoms with Gasteiger partial charge in [-0.05, 0) is 12.5 Å². The first-order valence-electron chi connectivity index (χ1n) is 6.09. The highest BCUT2D eigenvalue weighted by Crippen LogP contribution is 2.02. The van der Waals surface area contributed by atoms with E-state index in [1.807, 2.05) is 6.92 Å². The number of aromatic nitrogens is 2. The van der Waals surface area contributed by atoms with Crippen LogP contribution in [0.25, 0.3) is 0 Å². The number of carbonyl (C=O) groups excluding carboxylic acids is 2. The van der Waals surface area contributed by atoms with Crippen molar-refractivity contribution >= 4 is 17.7 Å². The Balaban J connectivity index is 2.41. The highest BCUT2D eigenvalue weighted by molar-refractivity contribution is 5.85. The molecule has 0 saturated carbocycles. The predicted molar refractivity (Wildman–Crippen MR) is 69.8 cm³/mol. The molecule has 7 heteroatoms. The van der Waals surface area contributed by atoms with E-state index in [1.165, 1.54) is 13.3 Å². The zero-order valence-corrected chi connectivity index (χ0v) is 11.1. The van der Waals surface area contributed by atoms with Crippen molar-refractivity contribution in [3.05, 3.63) is 18.1 Å². The van der Waals surface area contributed by atoms with Gasteiger partial charge in [0.2, 0.25) is 11.7 Å². The van der Waals surface area contributed by atoms with Crippen molar-refractivity contribution in [1.29, 1.82) is 0 Å². The van der Waals surface area contributed by atoms with Gasteiger partial charge < -0.3 is 15.4 Å². The number of amides is 1. The molecule has 0 aliphatic carbocycles. The predicted octanol–water partition coefficient (Wildman–Crippen LogP) is 0.591. The van der Waals surface area contributed by atoms with Crippen LogP contribution in [-0.4, -0.2) is 42.0 Å². The highest BCUT2D eigenvalue weighted by Gasteiger charge is 2.09. The number of esters is 1. The minimum atomic E-state index is -0.593. The maximum absolute atomic E-state index is 11.4. The van der Waals surface area contributed by atoms with Gasteiger partial charge in [-0.3, -0.25) is 4.79 Å². The van der Waals surface area contributed by atoms with Crippen LogP contribution >= 0.6 is 0 Å². The Bertz CT molecular complexity index is 437. The third kappa shape index (κ3) is 5.33. The largest absolute Gasteiger partial charge is 0.463 e. The van der Waals surface area contributed by atoms with E-state index in [1.54, 1.807) is 6.07 Å². The number of anilines is 1. The minimum Gasteiger partial charge on any atom is -0.463 e. The Labute approximate surface area is 111 Å². The fourth-order valence-electron chi connectivity index (χ4n) is 1.30. The summed E-state index contributed by atoms with van der Waals surface area (Å²) in [4.78, 5) is 30.3. The second kappa shape index (κ2) is 8.02. The molecule has 0 bridgehead atoms. The van der Waals surface area contributed by atoms with Crippen LogP contribution in [0.3, 0.4) is 0 Å². The molecule has 104 valence electrons. The summed E-state index contributed by atoms with van der Waals surface area (Å²) in [7, 11) is 1.27. The fraction of sp³-hybridized carbons (Fsp3) is 0.500. The molecule has 0 aliphatic rings. The van der Waals surface area contributed by atoms with E-state index in [0.29, 0.717) is 25.3 Å². The van der Waals surface area contributed by atoms with E-state index in [2.05, 4.69) is 25.3 Å². The lowest BCUT2D eigenvalue weighted by molar-refractivity contribution is -0.120. The molecule has 7 nitrogen and oxygen atoms in total. The van der Waals surface area contributed by atoms with Crippen molar-refractivity contribution in [2.75, 3.05) is 25.5 Å². The molecule has 0 fully saturated rings. The topological polar surface area (TPSA) is 93.2 Å². The number of carbonyl (C=O) groups is 2. The standard InChI is InChI=1S/C12H18N4O3/c1-3-6-14-10(17)5-8-13-9-4-7-15-11(16-9)12(18)19-2/h4,7H,3,5-6,8H2,1-2H3,(H,14,17)(H,13,15,16). The van der Waals surface area contributed by atoms with Crippen molar-refractivity contribution < 1.29 is 14.3 Å². The molecule has 0 spiro atoms. The normalized spacial score (nSPS) is 9.79. The van der Waals surface area contributed by atoms with Crippen LogP contribution in [0.1, 0.15) is 30.4 Å². The Morgan fingerprint density at radius 3 is 2.84 bits per heavy atom. The lowest BCUT2D eigenvalue weighted by atomic mass is 10.3. The summed E-state index contributed by atoms with van der Waals surface area (Å²) in [6.45, 7) is 3.11. The summed E-state index contributed by atoms with van der Waals surface area (Å²) < 4.78 is 4.52. The summed E-state index contributed by atoms with van der Waals surface area (Å²) in [5.41, 5.74) is 0. The highest BCUT2D eigenvalue weighted by atomic mass is 16.5. The maximum atomic E-state index is 11.4. The van der Waals surface area contributed by atoms with E-state index in [4.69, 9.17) is 0 Å². The number of ether oxygens (including phenoxy) is 1. The first-order chi connectivity index (χ1) is 9.17. The van der Waals surface area contributed by atoms with Gasteiger partial charge in [-0.15, -0.1) is 0 Å². The molecule has 1 amide bonds. The van der Waals surface area contributed by atoms with Crippen molar-refractivity contribution in [3.8, 4) is 0 Å². The van der Waals surface area contributed by atoms with Crippen LogP contribution in [0, 0.1) is 0 Å². The fourth-order valence-corrected chi connectivity index (χ4v) is 1.30. The minimum absolute atomic E-state index is 0.0112. The first kappa shape index (κ1) is 14.9. The summed E-state index contributed by atoms with van der Waals surface area (Å²) in [5.74, 6) is -0.137. The summed E-state index contributed by atoms with van der Waals surface area (Å²) >= 11 is 0. The van der Waals surface area contributed by atoms with E-state index >= 15 is 0 Å². The summed E-state index contributed by atoms with van der Waals surface area (Å²) in [5, 5.41) is 5.72. The van der Waals surface area contributed by atoms with Gasteiger partial charge in [-0.25, -0.2) is 14.8 Å². The zero-order chi connectivity index (χ0) is 14.1. The molecular weight excluding hydrogens is 248 g/mol. The van der Waals surface area contributed by atoms with Gasteiger partial charge in [0.15, 0.2) is 0 Å². The molecule has 1 rings (SSSR count). The summed E-state index contributed by atoms with van der Waals surface area (Å²) in [6, 6.07) is 1.62. The van der Waals surface area contributed by atoms with Gasteiger partial charge in [0.1, 0.15) is 5.82 Å². The van der Waals surface area contributed by atoms with Gasteiger partial charge in [0.25, 0.3) is 0 Å².